The van der Waals surface area contributed by atoms with Crippen LogP contribution in [0.3, 0.4) is 0 Å². The van der Waals surface area contributed by atoms with E-state index in [0.717, 1.165) is 47.5 Å². The largest absolute Gasteiger partial charge is 0.494 e. The number of carbonyl (C=O) groups is 2. The molecule has 1 aliphatic rings. The van der Waals surface area contributed by atoms with Gasteiger partial charge < -0.3 is 24.7 Å². The van der Waals surface area contributed by atoms with Gasteiger partial charge in [-0.05, 0) is 82.5 Å². The van der Waals surface area contributed by atoms with Gasteiger partial charge in [-0.25, -0.2) is 14.8 Å². The van der Waals surface area contributed by atoms with Crippen LogP contribution in [0.1, 0.15) is 55.4 Å². The van der Waals surface area contributed by atoms with Gasteiger partial charge in [0.1, 0.15) is 17.0 Å². The van der Waals surface area contributed by atoms with Crippen LogP contribution in [0.15, 0.2) is 73.3 Å². The summed E-state index contributed by atoms with van der Waals surface area (Å²) in [5.41, 5.74) is 4.90. The van der Waals surface area contributed by atoms with Gasteiger partial charge in [0, 0.05) is 42.3 Å². The van der Waals surface area contributed by atoms with Gasteiger partial charge in [0.15, 0.2) is 0 Å². The highest BCUT2D eigenvalue weighted by Gasteiger charge is 2.24. The Labute approximate surface area is 258 Å². The second kappa shape index (κ2) is 13.3. The first-order valence-electron chi connectivity index (χ1n) is 14.8. The van der Waals surface area contributed by atoms with Gasteiger partial charge in [0.25, 0.3) is 5.91 Å². The average Bonchev–Trinajstić information content (AvgIpc) is 3.42. The summed E-state index contributed by atoms with van der Waals surface area (Å²) < 4.78 is 12.9. The van der Waals surface area contributed by atoms with Crippen molar-refractivity contribution in [2.24, 2.45) is 0 Å². The summed E-state index contributed by atoms with van der Waals surface area (Å²) in [6.45, 7) is 9.77. The van der Waals surface area contributed by atoms with Crippen LogP contribution in [0, 0.1) is 6.92 Å². The summed E-state index contributed by atoms with van der Waals surface area (Å²) in [5, 5.41) is 6.08. The number of nitrogens with one attached hydrogen (secondary N) is 2. The average molecular weight is 597 g/mol. The molecule has 3 heterocycles. The molecule has 230 valence electrons. The lowest BCUT2D eigenvalue weighted by molar-refractivity contribution is 0.0470. The minimum atomic E-state index is -0.546. The molecule has 1 fully saturated rings. The highest BCUT2D eigenvalue weighted by atomic mass is 16.6. The van der Waals surface area contributed by atoms with E-state index in [0.29, 0.717) is 24.5 Å². The van der Waals surface area contributed by atoms with Gasteiger partial charge in [0.2, 0.25) is 0 Å². The molecule has 1 aliphatic heterocycles. The van der Waals surface area contributed by atoms with Crippen LogP contribution >= 0.6 is 0 Å². The molecule has 2 N–H and O–H groups in total. The Kier molecular flexibility index (Phi) is 9.29. The Morgan fingerprint density at radius 2 is 1.86 bits per heavy atom. The van der Waals surface area contributed by atoms with Crippen LogP contribution in [-0.4, -0.2) is 63.3 Å². The molecular formula is C34H40N6O4. The van der Waals surface area contributed by atoms with E-state index >= 15 is 0 Å². The van der Waals surface area contributed by atoms with Crippen LogP contribution in [0.5, 0.6) is 5.75 Å². The Balaban J connectivity index is 1.36. The van der Waals surface area contributed by atoms with Crippen LogP contribution in [0.4, 0.5) is 10.5 Å². The van der Waals surface area contributed by atoms with Gasteiger partial charge >= 0.3 is 6.09 Å². The molecule has 0 bridgehead atoms. The Morgan fingerprint density at radius 1 is 1.07 bits per heavy atom. The summed E-state index contributed by atoms with van der Waals surface area (Å²) in [4.78, 5) is 37.0. The van der Waals surface area contributed by atoms with Crippen LogP contribution in [-0.2, 0) is 11.3 Å². The summed E-state index contributed by atoms with van der Waals surface area (Å²) in [6.07, 6.45) is 6.74. The van der Waals surface area contributed by atoms with E-state index in [4.69, 9.17) is 9.47 Å². The van der Waals surface area contributed by atoms with Gasteiger partial charge in [-0.3, -0.25) is 9.69 Å². The zero-order valence-corrected chi connectivity index (χ0v) is 26.0. The molecule has 44 heavy (non-hydrogen) atoms. The normalized spacial score (nSPS) is 15.4. The molecule has 0 saturated carbocycles. The fourth-order valence-electron chi connectivity index (χ4n) is 5.37. The molecule has 5 rings (SSSR count). The van der Waals surface area contributed by atoms with Gasteiger partial charge in [-0.15, -0.1) is 0 Å². The number of hydrogen-bond acceptors (Lipinski definition) is 7. The van der Waals surface area contributed by atoms with E-state index < -0.39 is 11.7 Å². The Bertz CT molecular complexity index is 1610. The third kappa shape index (κ3) is 8.02. The quantitative estimate of drug-likeness (QED) is 0.257. The first kappa shape index (κ1) is 30.7. The van der Waals surface area contributed by atoms with Crippen molar-refractivity contribution >= 4 is 17.7 Å². The lowest BCUT2D eigenvalue weighted by Gasteiger charge is -2.33. The SMILES string of the molecule is COc1cnc(C(=O)Nc2cc(CN3CCC[C@H](NC(=O)OC(C)(C)C)C3)cc(-n3cnc(C)c3)c2)cc1-c1ccccc1. The topological polar surface area (TPSA) is 111 Å². The first-order valence-corrected chi connectivity index (χ1v) is 14.8. The number of pyridine rings is 1. The predicted molar refractivity (Wildman–Crippen MR) is 170 cm³/mol. The van der Waals surface area contributed by atoms with Crippen molar-refractivity contribution in [2.45, 2.75) is 58.7 Å². The van der Waals surface area contributed by atoms with E-state index in [2.05, 4.69) is 31.6 Å². The number of aromatic nitrogens is 3. The molecule has 2 amide bonds. The van der Waals surface area contributed by atoms with Gasteiger partial charge in [-0.1, -0.05) is 30.3 Å². The summed E-state index contributed by atoms with van der Waals surface area (Å²) in [5.74, 6) is 0.267. The Morgan fingerprint density at radius 3 is 2.57 bits per heavy atom. The number of anilines is 1. The van der Waals surface area contributed by atoms with Crippen molar-refractivity contribution < 1.29 is 19.1 Å². The molecule has 0 spiro atoms. The molecule has 1 saturated heterocycles. The van der Waals surface area contributed by atoms with Crippen LogP contribution in [0.25, 0.3) is 16.8 Å². The van der Waals surface area contributed by atoms with Crippen molar-refractivity contribution in [1.29, 1.82) is 0 Å². The second-order valence-electron chi connectivity index (χ2n) is 12.1. The standard InChI is InChI=1S/C34H40N6O4/c1-23-19-40(22-36-23)28-15-24(20-39-13-9-12-26(21-39)38-33(42)44-34(2,3)4)14-27(16-28)37-32(41)30-17-29(31(43-5)18-35-30)25-10-7-6-8-11-25/h6-8,10-11,14-19,22,26H,9,12-13,20-21H2,1-5H3,(H,37,41)(H,38,42)/t26-/m0/s1. The third-order valence-corrected chi connectivity index (χ3v) is 7.28. The molecule has 10 heteroatoms. The molecule has 1 atom stereocenters. The number of alkyl carbamates (subject to hydrolysis) is 1. The molecule has 2 aromatic heterocycles. The number of hydrogen-bond donors (Lipinski definition) is 2. The van der Waals surface area contributed by atoms with Crippen LogP contribution in [0.2, 0.25) is 0 Å². The highest BCUT2D eigenvalue weighted by Crippen LogP contribution is 2.30. The number of amides is 2. The predicted octanol–water partition coefficient (Wildman–Crippen LogP) is 5.99. The smallest absolute Gasteiger partial charge is 0.407 e. The van der Waals surface area contributed by atoms with E-state index in [1.165, 1.54) is 0 Å². The summed E-state index contributed by atoms with van der Waals surface area (Å²) >= 11 is 0. The fourth-order valence-corrected chi connectivity index (χ4v) is 5.37. The monoisotopic (exact) mass is 596 g/mol. The molecule has 0 radical (unpaired) electrons. The third-order valence-electron chi connectivity index (χ3n) is 7.28. The van der Waals surface area contributed by atoms with E-state index in [9.17, 15) is 9.59 Å². The lowest BCUT2D eigenvalue weighted by atomic mass is 10.0. The van der Waals surface area contributed by atoms with E-state index in [-0.39, 0.29) is 17.6 Å². The molecule has 2 aromatic carbocycles. The van der Waals surface area contributed by atoms with Crippen LogP contribution < -0.4 is 15.4 Å². The number of aryl methyl sites for hydroxylation is 1. The number of imidazole rings is 1. The molecule has 10 nitrogen and oxygen atoms in total. The highest BCUT2D eigenvalue weighted by molar-refractivity contribution is 6.04. The number of piperidine rings is 1. The summed E-state index contributed by atoms with van der Waals surface area (Å²) in [6, 6.07) is 17.5. The number of ether oxygens (including phenoxy) is 2. The number of carbonyl (C=O) groups excluding carboxylic acids is 2. The van der Waals surface area contributed by atoms with Crippen molar-refractivity contribution in [3.8, 4) is 22.6 Å². The molecule has 0 unspecified atom stereocenters. The number of rotatable bonds is 8. The molecule has 0 aliphatic carbocycles. The first-order chi connectivity index (χ1) is 21.1. The number of likely N-dealkylation sites (tertiary alicyclic amines) is 1. The van der Waals surface area contributed by atoms with Gasteiger partial charge in [-0.2, -0.15) is 0 Å². The zero-order chi connectivity index (χ0) is 31.3. The van der Waals surface area contributed by atoms with E-state index in [1.807, 2.05) is 80.9 Å². The lowest BCUT2D eigenvalue weighted by Crippen LogP contribution is -2.48. The van der Waals surface area contributed by atoms with Crippen molar-refractivity contribution in [1.82, 2.24) is 24.8 Å². The molecule has 4 aromatic rings. The minimum absolute atomic E-state index is 0.00258. The maximum absolute atomic E-state index is 13.5. The number of benzene rings is 2. The number of methoxy groups -OCH3 is 1. The minimum Gasteiger partial charge on any atom is -0.494 e. The maximum Gasteiger partial charge on any atom is 0.407 e. The van der Waals surface area contributed by atoms with E-state index in [1.54, 1.807) is 25.7 Å². The Hall–Kier alpha value is -4.70. The zero-order valence-electron chi connectivity index (χ0n) is 26.0. The van der Waals surface area contributed by atoms with Gasteiger partial charge in [0.05, 0.1) is 25.3 Å². The maximum atomic E-state index is 13.5. The second-order valence-corrected chi connectivity index (χ2v) is 12.1. The van der Waals surface area contributed by atoms with Crippen molar-refractivity contribution in [3.63, 3.8) is 0 Å². The summed E-state index contributed by atoms with van der Waals surface area (Å²) in [7, 11) is 1.59. The fraction of sp³-hybridized carbons (Fsp3) is 0.353. The number of nitrogens with zero attached hydrogens (tertiary/aromatic N) is 4. The molecular weight excluding hydrogens is 556 g/mol. The van der Waals surface area contributed by atoms with Crippen molar-refractivity contribution in [3.05, 3.63) is 90.3 Å². The van der Waals surface area contributed by atoms with Crippen molar-refractivity contribution in [2.75, 3.05) is 25.5 Å².